The Hall–Kier alpha value is -0.850. The number of carbonyl (C=O) groups is 1. The van der Waals surface area contributed by atoms with Crippen molar-refractivity contribution in [2.24, 2.45) is 0 Å². The van der Waals surface area contributed by atoms with Crippen molar-refractivity contribution in [3.8, 4) is 0 Å². The lowest BCUT2D eigenvalue weighted by Gasteiger charge is -2.20. The Kier molecular flexibility index (Phi) is 6.23. The van der Waals surface area contributed by atoms with Gasteiger partial charge in [0.25, 0.3) is 0 Å². The number of hydrazine groups is 1. The van der Waals surface area contributed by atoms with Gasteiger partial charge in [-0.2, -0.15) is 0 Å². The highest BCUT2D eigenvalue weighted by Gasteiger charge is 2.15. The number of nitrogens with one attached hydrogen (secondary N) is 2. The van der Waals surface area contributed by atoms with Crippen LogP contribution in [0.15, 0.2) is 0 Å². The first kappa shape index (κ1) is 14.2. The van der Waals surface area contributed by atoms with E-state index in [2.05, 4.69) is 10.9 Å². The topological polar surface area (TPSA) is 68.8 Å². The van der Waals surface area contributed by atoms with Gasteiger partial charge in [0.05, 0.1) is 6.54 Å². The van der Waals surface area contributed by atoms with E-state index in [1.165, 1.54) is 14.2 Å². The molecule has 0 fully saturated rings. The van der Waals surface area contributed by atoms with Gasteiger partial charge < -0.3 is 14.2 Å². The predicted molar refractivity (Wildman–Crippen MR) is 55.2 cm³/mol. The fourth-order valence-corrected chi connectivity index (χ4v) is 0.773. The van der Waals surface area contributed by atoms with E-state index in [1.807, 2.05) is 0 Å². The molecule has 0 heterocycles. The lowest BCUT2D eigenvalue weighted by Crippen LogP contribution is -2.44. The van der Waals surface area contributed by atoms with E-state index in [4.69, 9.17) is 14.2 Å². The summed E-state index contributed by atoms with van der Waals surface area (Å²) in [6.07, 6.45) is -0.937. The van der Waals surface area contributed by atoms with Crippen LogP contribution in [0.2, 0.25) is 0 Å². The molecule has 0 aliphatic carbocycles. The molecule has 0 aromatic rings. The fraction of sp³-hybridized carbons (Fsp3) is 0.889. The van der Waals surface area contributed by atoms with Gasteiger partial charge in [0.1, 0.15) is 5.60 Å². The second kappa shape index (κ2) is 6.60. The van der Waals surface area contributed by atoms with Crippen LogP contribution in [0.25, 0.3) is 0 Å². The third-order valence-corrected chi connectivity index (χ3v) is 1.38. The third kappa shape index (κ3) is 8.17. The number of ether oxygens (including phenoxy) is 3. The number of hydrogen-bond acceptors (Lipinski definition) is 5. The first-order valence-electron chi connectivity index (χ1n) is 4.66. The zero-order valence-corrected chi connectivity index (χ0v) is 9.92. The van der Waals surface area contributed by atoms with Gasteiger partial charge in [0.2, 0.25) is 0 Å². The zero-order valence-electron chi connectivity index (χ0n) is 9.92. The minimum Gasteiger partial charge on any atom is -0.443 e. The van der Waals surface area contributed by atoms with Crippen LogP contribution < -0.4 is 10.9 Å². The summed E-state index contributed by atoms with van der Waals surface area (Å²) in [5, 5.41) is 0. The van der Waals surface area contributed by atoms with E-state index >= 15 is 0 Å². The molecule has 0 aliphatic rings. The van der Waals surface area contributed by atoms with Gasteiger partial charge in [0.15, 0.2) is 6.29 Å². The van der Waals surface area contributed by atoms with E-state index < -0.39 is 18.0 Å². The van der Waals surface area contributed by atoms with Crippen LogP contribution in [0.5, 0.6) is 0 Å². The molecule has 0 atom stereocenters. The minimum absolute atomic E-state index is 0.340. The number of carbonyl (C=O) groups excluding carboxylic acids is 1. The highest BCUT2D eigenvalue weighted by molar-refractivity contribution is 5.66. The van der Waals surface area contributed by atoms with Crippen molar-refractivity contribution in [1.29, 1.82) is 0 Å². The highest BCUT2D eigenvalue weighted by Crippen LogP contribution is 2.05. The van der Waals surface area contributed by atoms with E-state index in [9.17, 15) is 4.79 Å². The largest absolute Gasteiger partial charge is 0.443 e. The van der Waals surface area contributed by atoms with Crippen LogP contribution in [-0.2, 0) is 14.2 Å². The first-order valence-corrected chi connectivity index (χ1v) is 4.66. The summed E-state index contributed by atoms with van der Waals surface area (Å²) in [5.41, 5.74) is 4.50. The quantitative estimate of drug-likeness (QED) is 0.525. The Labute approximate surface area is 90.2 Å². The van der Waals surface area contributed by atoms with Gasteiger partial charge in [-0.25, -0.2) is 10.2 Å². The molecule has 6 nitrogen and oxygen atoms in total. The third-order valence-electron chi connectivity index (χ3n) is 1.38. The van der Waals surface area contributed by atoms with Gasteiger partial charge in [-0.05, 0) is 20.8 Å². The van der Waals surface area contributed by atoms with E-state index in [0.717, 1.165) is 0 Å². The maximum absolute atomic E-state index is 11.1. The van der Waals surface area contributed by atoms with E-state index in [0.29, 0.717) is 6.54 Å². The lowest BCUT2D eigenvalue weighted by molar-refractivity contribution is -0.100. The zero-order chi connectivity index (χ0) is 11.9. The van der Waals surface area contributed by atoms with Crippen molar-refractivity contribution in [2.75, 3.05) is 20.8 Å². The second-order valence-electron chi connectivity index (χ2n) is 3.91. The maximum atomic E-state index is 11.1. The van der Waals surface area contributed by atoms with Gasteiger partial charge in [-0.3, -0.25) is 5.43 Å². The molecule has 90 valence electrons. The fourth-order valence-electron chi connectivity index (χ4n) is 0.773. The molecule has 0 saturated heterocycles. The molecule has 2 N–H and O–H groups in total. The Morgan fingerprint density at radius 1 is 1.27 bits per heavy atom. The number of hydrogen-bond donors (Lipinski definition) is 2. The summed E-state index contributed by atoms with van der Waals surface area (Å²) in [4.78, 5) is 11.1. The summed E-state index contributed by atoms with van der Waals surface area (Å²) >= 11 is 0. The molecule has 0 radical (unpaired) electrons. The molecular weight excluding hydrogens is 200 g/mol. The molecule has 1 amide bonds. The van der Waals surface area contributed by atoms with Crippen molar-refractivity contribution in [2.45, 2.75) is 32.7 Å². The second-order valence-corrected chi connectivity index (χ2v) is 3.91. The molecule has 0 unspecified atom stereocenters. The van der Waals surface area contributed by atoms with E-state index in [-0.39, 0.29) is 0 Å². The molecule has 0 aromatic carbocycles. The van der Waals surface area contributed by atoms with Crippen LogP contribution in [0.1, 0.15) is 20.8 Å². The lowest BCUT2D eigenvalue weighted by atomic mass is 10.2. The van der Waals surface area contributed by atoms with Crippen LogP contribution in [0, 0.1) is 0 Å². The van der Waals surface area contributed by atoms with Crippen molar-refractivity contribution in [3.63, 3.8) is 0 Å². The van der Waals surface area contributed by atoms with Crippen LogP contribution in [-0.4, -0.2) is 38.7 Å². The molecule has 0 rings (SSSR count). The molecule has 0 saturated carbocycles. The summed E-state index contributed by atoms with van der Waals surface area (Å²) in [5.74, 6) is 0. The predicted octanol–water partition coefficient (Wildman–Crippen LogP) is 0.635. The Morgan fingerprint density at radius 2 is 1.80 bits per heavy atom. The van der Waals surface area contributed by atoms with Crippen molar-refractivity contribution < 1.29 is 19.0 Å². The average molecular weight is 220 g/mol. The smallest absolute Gasteiger partial charge is 0.422 e. The Bertz CT molecular complexity index is 187. The van der Waals surface area contributed by atoms with E-state index in [1.54, 1.807) is 20.8 Å². The molecule has 6 heteroatoms. The van der Waals surface area contributed by atoms with Gasteiger partial charge in [-0.15, -0.1) is 0 Å². The van der Waals surface area contributed by atoms with Gasteiger partial charge in [0, 0.05) is 14.2 Å². The normalized spacial score (nSPS) is 11.6. The van der Waals surface area contributed by atoms with Crippen molar-refractivity contribution in [3.05, 3.63) is 0 Å². The van der Waals surface area contributed by atoms with Gasteiger partial charge >= 0.3 is 6.09 Å². The molecular formula is C9H20N2O4. The Balaban J connectivity index is 3.64. The number of rotatable bonds is 5. The summed E-state index contributed by atoms with van der Waals surface area (Å²) < 4.78 is 14.8. The first-order chi connectivity index (χ1) is 6.89. The maximum Gasteiger partial charge on any atom is 0.422 e. The molecule has 0 spiro atoms. The van der Waals surface area contributed by atoms with Crippen molar-refractivity contribution in [1.82, 2.24) is 10.9 Å². The number of amides is 1. The van der Waals surface area contributed by atoms with Crippen LogP contribution in [0.3, 0.4) is 0 Å². The molecule has 0 aromatic heterocycles. The highest BCUT2D eigenvalue weighted by atomic mass is 16.7. The monoisotopic (exact) mass is 220 g/mol. The number of methoxy groups -OCH3 is 2. The van der Waals surface area contributed by atoms with Crippen LogP contribution >= 0.6 is 0 Å². The average Bonchev–Trinajstić information content (AvgIpc) is 2.09. The summed E-state index contributed by atoms with van der Waals surface area (Å²) in [6, 6.07) is 0. The standard InChI is InChI=1S/C9H20N2O4/c1-9(2,3)15-8(12)11-10-6-7(13-4)14-5/h7,10H,6H2,1-5H3,(H,11,12). The van der Waals surface area contributed by atoms with Crippen molar-refractivity contribution >= 4 is 6.09 Å². The van der Waals surface area contributed by atoms with Gasteiger partial charge in [-0.1, -0.05) is 0 Å². The minimum atomic E-state index is -0.534. The van der Waals surface area contributed by atoms with Crippen LogP contribution in [0.4, 0.5) is 4.79 Å². The Morgan fingerprint density at radius 3 is 2.20 bits per heavy atom. The summed E-state index contributed by atoms with van der Waals surface area (Å²) in [7, 11) is 3.03. The molecule has 0 aliphatic heterocycles. The molecule has 0 bridgehead atoms. The molecule has 15 heavy (non-hydrogen) atoms. The SMILES string of the molecule is COC(CNNC(=O)OC(C)(C)C)OC. The summed E-state index contributed by atoms with van der Waals surface area (Å²) in [6.45, 7) is 5.71.